The van der Waals surface area contributed by atoms with Crippen LogP contribution in [0.25, 0.3) is 0 Å². The molecule has 0 saturated heterocycles. The summed E-state index contributed by atoms with van der Waals surface area (Å²) in [6.45, 7) is 2.91. The first-order valence-corrected chi connectivity index (χ1v) is 11.0. The standard InChI is InChI=1S/C21H26N2O4S/c1-15-7-10-20(27-3)18(12-15)14-22(2)21(24)17-8-9-19-16(13-17)6-5-11-23(19)28(4,25)26/h7-10,12-13H,5-6,11,14H2,1-4H3. The van der Waals surface area contributed by atoms with Crippen LogP contribution in [-0.4, -0.2) is 46.2 Å². The molecule has 0 unspecified atom stereocenters. The van der Waals surface area contributed by atoms with Crippen LogP contribution in [-0.2, 0) is 23.0 Å². The Hall–Kier alpha value is -2.54. The summed E-state index contributed by atoms with van der Waals surface area (Å²) in [6.07, 6.45) is 2.72. The van der Waals surface area contributed by atoms with E-state index < -0.39 is 10.0 Å². The van der Waals surface area contributed by atoms with Crippen molar-refractivity contribution in [1.82, 2.24) is 4.90 Å². The normalized spacial score (nSPS) is 13.8. The smallest absolute Gasteiger partial charge is 0.253 e. The number of hydrogen-bond acceptors (Lipinski definition) is 4. The van der Waals surface area contributed by atoms with Gasteiger partial charge in [0.2, 0.25) is 10.0 Å². The summed E-state index contributed by atoms with van der Waals surface area (Å²) in [7, 11) is 0.0573. The zero-order valence-corrected chi connectivity index (χ0v) is 17.5. The number of hydrogen-bond donors (Lipinski definition) is 0. The van der Waals surface area contributed by atoms with Gasteiger partial charge in [0.05, 0.1) is 19.1 Å². The minimum Gasteiger partial charge on any atom is -0.496 e. The maximum atomic E-state index is 13.0. The second-order valence-corrected chi connectivity index (χ2v) is 9.17. The van der Waals surface area contributed by atoms with Crippen molar-refractivity contribution in [1.29, 1.82) is 0 Å². The second-order valence-electron chi connectivity index (χ2n) is 7.26. The molecule has 2 aromatic rings. The molecule has 3 rings (SSSR count). The van der Waals surface area contributed by atoms with Gasteiger partial charge in [-0.25, -0.2) is 8.42 Å². The first-order chi connectivity index (χ1) is 13.2. The number of anilines is 1. The first kappa shape index (κ1) is 20.2. The molecule has 1 heterocycles. The molecular formula is C21H26N2O4S. The third kappa shape index (κ3) is 4.14. The molecular weight excluding hydrogens is 376 g/mol. The third-order valence-corrected chi connectivity index (χ3v) is 6.17. The Kier molecular flexibility index (Phi) is 5.65. The summed E-state index contributed by atoms with van der Waals surface area (Å²) in [5.41, 5.74) is 4.17. The maximum Gasteiger partial charge on any atom is 0.253 e. The number of benzene rings is 2. The molecule has 0 bridgehead atoms. The molecule has 0 radical (unpaired) electrons. The highest BCUT2D eigenvalue weighted by Gasteiger charge is 2.25. The Morgan fingerprint density at radius 1 is 1.21 bits per heavy atom. The number of methoxy groups -OCH3 is 1. The van der Waals surface area contributed by atoms with Gasteiger partial charge in [0.15, 0.2) is 0 Å². The van der Waals surface area contributed by atoms with Gasteiger partial charge in [-0.3, -0.25) is 9.10 Å². The fourth-order valence-corrected chi connectivity index (χ4v) is 4.61. The molecule has 28 heavy (non-hydrogen) atoms. The third-order valence-electron chi connectivity index (χ3n) is 4.99. The number of ether oxygens (including phenoxy) is 1. The van der Waals surface area contributed by atoms with Gasteiger partial charge in [0.1, 0.15) is 5.75 Å². The molecule has 0 spiro atoms. The van der Waals surface area contributed by atoms with E-state index in [9.17, 15) is 13.2 Å². The lowest BCUT2D eigenvalue weighted by atomic mass is 10.00. The molecule has 0 saturated carbocycles. The molecule has 0 aromatic heterocycles. The molecule has 6 nitrogen and oxygen atoms in total. The summed E-state index contributed by atoms with van der Waals surface area (Å²) < 4.78 is 30.8. The van der Waals surface area contributed by atoms with E-state index >= 15 is 0 Å². The van der Waals surface area contributed by atoms with Crippen LogP contribution in [0, 0.1) is 6.92 Å². The lowest BCUT2D eigenvalue weighted by Crippen LogP contribution is -2.35. The van der Waals surface area contributed by atoms with Gasteiger partial charge in [-0.05, 0) is 49.6 Å². The predicted octanol–water partition coefficient (Wildman–Crippen LogP) is 2.99. The van der Waals surface area contributed by atoms with E-state index in [0.29, 0.717) is 24.3 Å². The summed E-state index contributed by atoms with van der Waals surface area (Å²) >= 11 is 0. The lowest BCUT2D eigenvalue weighted by molar-refractivity contribution is 0.0784. The molecule has 150 valence electrons. The van der Waals surface area contributed by atoms with Crippen LogP contribution in [0.2, 0.25) is 0 Å². The van der Waals surface area contributed by atoms with E-state index in [2.05, 4.69) is 0 Å². The number of fused-ring (bicyclic) bond motifs is 1. The van der Waals surface area contributed by atoms with Crippen molar-refractivity contribution < 1.29 is 17.9 Å². The van der Waals surface area contributed by atoms with Crippen molar-refractivity contribution in [3.05, 3.63) is 58.7 Å². The van der Waals surface area contributed by atoms with Crippen molar-refractivity contribution >= 4 is 21.6 Å². The Morgan fingerprint density at radius 3 is 2.64 bits per heavy atom. The highest BCUT2D eigenvalue weighted by molar-refractivity contribution is 7.92. The molecule has 7 heteroatoms. The van der Waals surface area contributed by atoms with E-state index in [-0.39, 0.29) is 5.91 Å². The molecule has 1 aliphatic rings. The number of carbonyl (C=O) groups is 1. The fraction of sp³-hybridized carbons (Fsp3) is 0.381. The van der Waals surface area contributed by atoms with Crippen LogP contribution in [0.1, 0.15) is 33.5 Å². The van der Waals surface area contributed by atoms with Gasteiger partial charge in [-0.15, -0.1) is 0 Å². The molecule has 0 fully saturated rings. The summed E-state index contributed by atoms with van der Waals surface area (Å²) in [6, 6.07) is 11.2. The van der Waals surface area contributed by atoms with Gasteiger partial charge in [-0.1, -0.05) is 17.7 Å². The molecule has 1 amide bonds. The Bertz CT molecular complexity index is 1000. The topological polar surface area (TPSA) is 66.9 Å². The number of rotatable bonds is 5. The quantitative estimate of drug-likeness (QED) is 0.771. The SMILES string of the molecule is COc1ccc(C)cc1CN(C)C(=O)c1ccc2c(c1)CCCN2S(C)(=O)=O. The largest absolute Gasteiger partial charge is 0.496 e. The number of amides is 1. The van der Waals surface area contributed by atoms with Crippen molar-refractivity contribution in [3.8, 4) is 5.75 Å². The average molecular weight is 403 g/mol. The lowest BCUT2D eigenvalue weighted by Gasteiger charge is -2.29. The van der Waals surface area contributed by atoms with Gasteiger partial charge in [0, 0.05) is 31.3 Å². The average Bonchev–Trinajstić information content (AvgIpc) is 2.65. The van der Waals surface area contributed by atoms with E-state index in [0.717, 1.165) is 35.3 Å². The highest BCUT2D eigenvalue weighted by atomic mass is 32.2. The summed E-state index contributed by atoms with van der Waals surface area (Å²) in [4.78, 5) is 14.6. The van der Waals surface area contributed by atoms with Crippen molar-refractivity contribution in [2.45, 2.75) is 26.3 Å². The van der Waals surface area contributed by atoms with Gasteiger partial charge < -0.3 is 9.64 Å². The Morgan fingerprint density at radius 2 is 1.96 bits per heavy atom. The molecule has 1 aliphatic heterocycles. The van der Waals surface area contributed by atoms with Gasteiger partial charge >= 0.3 is 0 Å². The second kappa shape index (κ2) is 7.83. The van der Waals surface area contributed by atoms with E-state index in [4.69, 9.17) is 4.74 Å². The summed E-state index contributed by atoms with van der Waals surface area (Å²) in [5, 5.41) is 0. The minimum atomic E-state index is -3.32. The van der Waals surface area contributed by atoms with Gasteiger partial charge in [-0.2, -0.15) is 0 Å². The van der Waals surface area contributed by atoms with Crippen LogP contribution < -0.4 is 9.04 Å². The number of aryl methyl sites for hydroxylation is 2. The first-order valence-electron chi connectivity index (χ1n) is 9.20. The van der Waals surface area contributed by atoms with Crippen LogP contribution in [0.3, 0.4) is 0 Å². The van der Waals surface area contributed by atoms with Crippen molar-refractivity contribution in [2.24, 2.45) is 0 Å². The molecule has 0 N–H and O–H groups in total. The zero-order valence-electron chi connectivity index (χ0n) is 16.7. The Balaban J connectivity index is 1.84. The fourth-order valence-electron chi connectivity index (χ4n) is 3.62. The number of carbonyl (C=O) groups excluding carboxylic acids is 1. The van der Waals surface area contributed by atoms with E-state index in [1.165, 1.54) is 10.6 Å². The van der Waals surface area contributed by atoms with Crippen molar-refractivity contribution in [3.63, 3.8) is 0 Å². The zero-order chi connectivity index (χ0) is 20.5. The van der Waals surface area contributed by atoms with Gasteiger partial charge in [0.25, 0.3) is 5.91 Å². The summed E-state index contributed by atoms with van der Waals surface area (Å²) in [5.74, 6) is 0.641. The number of sulfonamides is 1. The van der Waals surface area contributed by atoms with Crippen molar-refractivity contribution in [2.75, 3.05) is 31.3 Å². The number of nitrogens with zero attached hydrogens (tertiary/aromatic N) is 2. The maximum absolute atomic E-state index is 13.0. The Labute approximate surface area is 166 Å². The van der Waals surface area contributed by atoms with Crippen LogP contribution in [0.15, 0.2) is 36.4 Å². The molecule has 2 aromatic carbocycles. The monoisotopic (exact) mass is 402 g/mol. The predicted molar refractivity (Wildman–Crippen MR) is 110 cm³/mol. The minimum absolute atomic E-state index is 0.108. The van der Waals surface area contributed by atoms with E-state index in [1.807, 2.05) is 31.2 Å². The highest BCUT2D eigenvalue weighted by Crippen LogP contribution is 2.30. The van der Waals surface area contributed by atoms with Crippen LogP contribution in [0.5, 0.6) is 5.75 Å². The molecule has 0 aliphatic carbocycles. The van der Waals surface area contributed by atoms with Crippen LogP contribution in [0.4, 0.5) is 5.69 Å². The van der Waals surface area contributed by atoms with Crippen LogP contribution >= 0.6 is 0 Å². The molecule has 0 atom stereocenters. The van der Waals surface area contributed by atoms with E-state index in [1.54, 1.807) is 31.2 Å².